The van der Waals surface area contributed by atoms with Crippen LogP contribution in [0.25, 0.3) is 0 Å². The van der Waals surface area contributed by atoms with E-state index in [-0.39, 0.29) is 11.8 Å². The predicted molar refractivity (Wildman–Crippen MR) is 101 cm³/mol. The van der Waals surface area contributed by atoms with Crippen molar-refractivity contribution < 1.29 is 9.53 Å². The topological polar surface area (TPSA) is 71.5 Å². The van der Waals surface area contributed by atoms with Crippen LogP contribution >= 0.6 is 11.6 Å². The molecule has 4 rings (SSSR count). The Morgan fingerprint density at radius 1 is 1.33 bits per heavy atom. The number of amides is 1. The summed E-state index contributed by atoms with van der Waals surface area (Å²) in [6, 6.07) is 0. The molecule has 2 aromatic rings. The fourth-order valence-corrected chi connectivity index (χ4v) is 4.12. The standard InChI is InChI=1S/C19H22ClN5O2/c1-12-15-8-25(9-16(15)23-17(10-27-2)18(12)20)19(26)13-3-4-24(7-13)14-5-21-11-22-6-14/h5-6,11,13H,3-4,7-10H2,1-2H3/t13-/m1/s1. The first-order valence-corrected chi connectivity index (χ1v) is 9.40. The molecule has 1 amide bonds. The summed E-state index contributed by atoms with van der Waals surface area (Å²) >= 11 is 6.43. The van der Waals surface area contributed by atoms with Gasteiger partial charge in [-0.25, -0.2) is 9.97 Å². The van der Waals surface area contributed by atoms with Gasteiger partial charge in [-0.05, 0) is 24.5 Å². The lowest BCUT2D eigenvalue weighted by Gasteiger charge is -2.21. The van der Waals surface area contributed by atoms with Crippen molar-refractivity contribution in [1.29, 1.82) is 0 Å². The molecule has 0 radical (unpaired) electrons. The molecule has 0 aromatic carbocycles. The van der Waals surface area contributed by atoms with Crippen molar-refractivity contribution in [3.05, 3.63) is 46.3 Å². The van der Waals surface area contributed by atoms with Gasteiger partial charge in [0.2, 0.25) is 5.91 Å². The Morgan fingerprint density at radius 2 is 2.11 bits per heavy atom. The van der Waals surface area contributed by atoms with Crippen molar-refractivity contribution in [2.45, 2.75) is 33.0 Å². The number of carbonyl (C=O) groups excluding carboxylic acids is 1. The van der Waals surface area contributed by atoms with E-state index >= 15 is 0 Å². The summed E-state index contributed by atoms with van der Waals surface area (Å²) in [4.78, 5) is 29.9. The second-order valence-electron chi connectivity index (χ2n) is 7.08. The number of fused-ring (bicyclic) bond motifs is 1. The minimum Gasteiger partial charge on any atom is -0.378 e. The molecule has 2 aliphatic heterocycles. The fourth-order valence-electron chi connectivity index (χ4n) is 3.91. The highest BCUT2D eigenvalue weighted by Crippen LogP contribution is 2.33. The first-order chi connectivity index (χ1) is 13.1. The highest BCUT2D eigenvalue weighted by atomic mass is 35.5. The summed E-state index contributed by atoms with van der Waals surface area (Å²) in [6.07, 6.45) is 5.93. The number of hydrogen-bond acceptors (Lipinski definition) is 6. The molecule has 27 heavy (non-hydrogen) atoms. The average Bonchev–Trinajstić information content (AvgIpc) is 3.34. The molecule has 0 aliphatic carbocycles. The summed E-state index contributed by atoms with van der Waals surface area (Å²) in [5.74, 6) is 0.157. The minimum atomic E-state index is -0.0197. The predicted octanol–water partition coefficient (Wildman–Crippen LogP) is 2.35. The van der Waals surface area contributed by atoms with Crippen molar-refractivity contribution in [3.63, 3.8) is 0 Å². The minimum absolute atomic E-state index is 0.0197. The van der Waals surface area contributed by atoms with Gasteiger partial charge in [0.15, 0.2) is 0 Å². The largest absolute Gasteiger partial charge is 0.378 e. The molecule has 7 nitrogen and oxygen atoms in total. The maximum absolute atomic E-state index is 13.1. The number of ether oxygens (including phenoxy) is 1. The van der Waals surface area contributed by atoms with E-state index in [1.54, 1.807) is 19.5 Å². The lowest BCUT2D eigenvalue weighted by atomic mass is 10.1. The lowest BCUT2D eigenvalue weighted by molar-refractivity contribution is -0.135. The van der Waals surface area contributed by atoms with Gasteiger partial charge in [0.25, 0.3) is 0 Å². The van der Waals surface area contributed by atoms with E-state index in [4.69, 9.17) is 16.3 Å². The molecule has 2 aliphatic rings. The summed E-state index contributed by atoms with van der Waals surface area (Å²) in [5, 5.41) is 0.640. The van der Waals surface area contributed by atoms with Gasteiger partial charge in [0.1, 0.15) is 6.33 Å². The Hall–Kier alpha value is -2.25. The Bertz CT molecular complexity index is 861. The molecule has 1 atom stereocenters. The molecule has 0 N–H and O–H groups in total. The number of carbonyl (C=O) groups is 1. The Labute approximate surface area is 163 Å². The monoisotopic (exact) mass is 387 g/mol. The van der Waals surface area contributed by atoms with Crippen molar-refractivity contribution in [3.8, 4) is 0 Å². The molecular formula is C19H22ClN5O2. The van der Waals surface area contributed by atoms with Crippen LogP contribution in [0.15, 0.2) is 18.7 Å². The third-order valence-electron chi connectivity index (χ3n) is 5.39. The first kappa shape index (κ1) is 18.1. The third kappa shape index (κ3) is 3.37. The highest BCUT2D eigenvalue weighted by Gasteiger charge is 2.35. The highest BCUT2D eigenvalue weighted by molar-refractivity contribution is 6.32. The smallest absolute Gasteiger partial charge is 0.228 e. The zero-order chi connectivity index (χ0) is 19.0. The van der Waals surface area contributed by atoms with E-state index in [9.17, 15) is 4.79 Å². The normalized spacial score (nSPS) is 18.9. The van der Waals surface area contributed by atoms with Crippen LogP contribution < -0.4 is 4.90 Å². The van der Waals surface area contributed by atoms with Gasteiger partial charge in [0, 0.05) is 26.7 Å². The number of pyridine rings is 1. The summed E-state index contributed by atoms with van der Waals surface area (Å²) in [5.41, 5.74) is 4.70. The summed E-state index contributed by atoms with van der Waals surface area (Å²) in [7, 11) is 1.63. The van der Waals surface area contributed by atoms with E-state index in [1.807, 2.05) is 11.8 Å². The molecule has 0 spiro atoms. The van der Waals surface area contributed by atoms with E-state index in [2.05, 4.69) is 19.9 Å². The molecule has 0 bridgehead atoms. The van der Waals surface area contributed by atoms with Crippen molar-refractivity contribution in [1.82, 2.24) is 19.9 Å². The molecule has 142 valence electrons. The maximum Gasteiger partial charge on any atom is 0.228 e. The van der Waals surface area contributed by atoms with Crippen LogP contribution in [0.4, 0.5) is 5.69 Å². The van der Waals surface area contributed by atoms with E-state index < -0.39 is 0 Å². The summed E-state index contributed by atoms with van der Waals surface area (Å²) < 4.78 is 5.19. The van der Waals surface area contributed by atoms with Gasteiger partial charge >= 0.3 is 0 Å². The van der Waals surface area contributed by atoms with Gasteiger partial charge in [-0.15, -0.1) is 0 Å². The van der Waals surface area contributed by atoms with E-state index in [0.717, 1.165) is 41.2 Å². The Balaban J connectivity index is 1.47. The second-order valence-corrected chi connectivity index (χ2v) is 7.46. The SMILES string of the molecule is COCc1nc2c(c(C)c1Cl)CN(C(=O)[C@@H]1CCN(c3cncnc3)C1)C2. The van der Waals surface area contributed by atoms with Crippen LogP contribution in [-0.2, 0) is 29.2 Å². The zero-order valence-electron chi connectivity index (χ0n) is 15.5. The van der Waals surface area contributed by atoms with E-state index in [0.29, 0.717) is 31.3 Å². The molecule has 0 unspecified atom stereocenters. The van der Waals surface area contributed by atoms with Crippen LogP contribution in [0.5, 0.6) is 0 Å². The van der Waals surface area contributed by atoms with Gasteiger partial charge in [0.05, 0.1) is 53.6 Å². The van der Waals surface area contributed by atoms with Crippen molar-refractivity contribution in [2.24, 2.45) is 5.92 Å². The summed E-state index contributed by atoms with van der Waals surface area (Å²) in [6.45, 7) is 5.01. The van der Waals surface area contributed by atoms with Crippen LogP contribution in [0.1, 0.15) is 28.9 Å². The van der Waals surface area contributed by atoms with Crippen molar-refractivity contribution >= 4 is 23.2 Å². The molecule has 8 heteroatoms. The number of anilines is 1. The fraction of sp³-hybridized carbons (Fsp3) is 0.474. The molecule has 1 fully saturated rings. The molecule has 1 saturated heterocycles. The average molecular weight is 388 g/mol. The first-order valence-electron chi connectivity index (χ1n) is 9.03. The van der Waals surface area contributed by atoms with Gasteiger partial charge in [-0.3, -0.25) is 9.78 Å². The van der Waals surface area contributed by atoms with Gasteiger partial charge in [-0.1, -0.05) is 11.6 Å². The Kier molecular flexibility index (Phi) is 4.97. The number of hydrogen-bond donors (Lipinski definition) is 0. The number of aromatic nitrogens is 3. The lowest BCUT2D eigenvalue weighted by Crippen LogP contribution is -2.34. The maximum atomic E-state index is 13.1. The van der Waals surface area contributed by atoms with Crippen LogP contribution in [0.2, 0.25) is 5.02 Å². The number of nitrogens with zero attached hydrogens (tertiary/aromatic N) is 5. The quantitative estimate of drug-likeness (QED) is 0.801. The number of halogens is 1. The molecule has 2 aromatic heterocycles. The molecule has 4 heterocycles. The third-order valence-corrected chi connectivity index (χ3v) is 5.89. The Morgan fingerprint density at radius 3 is 2.85 bits per heavy atom. The zero-order valence-corrected chi connectivity index (χ0v) is 16.2. The van der Waals surface area contributed by atoms with Crippen LogP contribution in [-0.4, -0.2) is 46.0 Å². The van der Waals surface area contributed by atoms with Gasteiger partial charge < -0.3 is 14.5 Å². The van der Waals surface area contributed by atoms with Crippen LogP contribution in [0.3, 0.4) is 0 Å². The molecular weight excluding hydrogens is 366 g/mol. The number of rotatable bonds is 4. The number of methoxy groups -OCH3 is 1. The van der Waals surface area contributed by atoms with Crippen LogP contribution in [0, 0.1) is 12.8 Å². The van der Waals surface area contributed by atoms with Crippen molar-refractivity contribution in [2.75, 3.05) is 25.1 Å². The molecule has 0 saturated carbocycles. The van der Waals surface area contributed by atoms with Gasteiger partial charge in [-0.2, -0.15) is 0 Å². The van der Waals surface area contributed by atoms with E-state index in [1.165, 1.54) is 6.33 Å². The second kappa shape index (κ2) is 7.40.